The molecule has 1 N–H and O–H groups in total. The number of furan rings is 1. The van der Waals surface area contributed by atoms with Gasteiger partial charge in [0.25, 0.3) is 5.91 Å². The van der Waals surface area contributed by atoms with Crippen LogP contribution in [0.15, 0.2) is 76.4 Å². The number of nitrogens with zero attached hydrogens (tertiary/aromatic N) is 4. The van der Waals surface area contributed by atoms with Crippen molar-refractivity contribution in [2.75, 3.05) is 0 Å². The van der Waals surface area contributed by atoms with Crippen molar-refractivity contribution in [3.05, 3.63) is 88.3 Å². The van der Waals surface area contributed by atoms with Crippen LogP contribution in [0.4, 0.5) is 5.88 Å². The van der Waals surface area contributed by atoms with Crippen LogP contribution < -0.4 is 5.43 Å². The van der Waals surface area contributed by atoms with E-state index in [1.165, 1.54) is 18.3 Å². The number of fused-ring (bicyclic) bond motifs is 1. The highest BCUT2D eigenvalue weighted by molar-refractivity contribution is 6.07. The number of hydrazone groups is 1. The third kappa shape index (κ3) is 3.83. The number of benzene rings is 1. The van der Waals surface area contributed by atoms with Gasteiger partial charge in [-0.1, -0.05) is 24.3 Å². The first-order valence-corrected chi connectivity index (χ1v) is 8.50. The predicted octanol–water partition coefficient (Wildman–Crippen LogP) is 3.56. The van der Waals surface area contributed by atoms with Gasteiger partial charge in [-0.05, 0) is 30.3 Å². The molecule has 9 nitrogen and oxygen atoms in total. The Balaban J connectivity index is 1.64. The summed E-state index contributed by atoms with van der Waals surface area (Å²) in [4.78, 5) is 31.6. The van der Waals surface area contributed by atoms with Crippen LogP contribution >= 0.6 is 0 Å². The molecule has 0 bridgehead atoms. The maximum atomic E-state index is 12.7. The van der Waals surface area contributed by atoms with Crippen molar-refractivity contribution in [2.24, 2.45) is 5.10 Å². The van der Waals surface area contributed by atoms with E-state index >= 15 is 0 Å². The molecule has 0 saturated heterocycles. The van der Waals surface area contributed by atoms with Crippen molar-refractivity contribution < 1.29 is 14.1 Å². The van der Waals surface area contributed by atoms with Gasteiger partial charge in [-0.15, -0.1) is 0 Å². The van der Waals surface area contributed by atoms with Crippen molar-refractivity contribution in [3.8, 4) is 11.4 Å². The molecule has 9 heteroatoms. The van der Waals surface area contributed by atoms with Crippen LogP contribution in [0.1, 0.15) is 16.1 Å². The number of para-hydroxylation sites is 1. The summed E-state index contributed by atoms with van der Waals surface area (Å²) in [6.45, 7) is 0. The summed E-state index contributed by atoms with van der Waals surface area (Å²) in [5.41, 5.74) is 4.62. The van der Waals surface area contributed by atoms with Gasteiger partial charge in [-0.25, -0.2) is 10.4 Å². The van der Waals surface area contributed by atoms with Crippen LogP contribution in [0.5, 0.6) is 0 Å². The fraction of sp³-hybridized carbons (Fsp3) is 0. The van der Waals surface area contributed by atoms with E-state index in [1.807, 2.05) is 24.3 Å². The fourth-order valence-corrected chi connectivity index (χ4v) is 2.73. The van der Waals surface area contributed by atoms with Crippen LogP contribution in [0.2, 0.25) is 0 Å². The zero-order chi connectivity index (χ0) is 20.2. The van der Waals surface area contributed by atoms with E-state index in [4.69, 9.17) is 4.42 Å². The summed E-state index contributed by atoms with van der Waals surface area (Å²) in [5, 5.41) is 15.1. The summed E-state index contributed by atoms with van der Waals surface area (Å²) < 4.78 is 4.96. The van der Waals surface area contributed by atoms with Gasteiger partial charge in [0, 0.05) is 11.6 Å². The van der Waals surface area contributed by atoms with Gasteiger partial charge >= 0.3 is 5.88 Å². The molecule has 0 aliphatic heterocycles. The molecule has 29 heavy (non-hydrogen) atoms. The number of carbonyl (C=O) groups is 1. The molecule has 1 amide bonds. The number of carbonyl (C=O) groups excluding carboxylic acids is 1. The second-order valence-corrected chi connectivity index (χ2v) is 5.92. The minimum atomic E-state index is -0.655. The lowest BCUT2D eigenvalue weighted by atomic mass is 10.1. The Bertz CT molecular complexity index is 1230. The van der Waals surface area contributed by atoms with Crippen LogP contribution in [0, 0.1) is 10.1 Å². The van der Waals surface area contributed by atoms with Crippen LogP contribution in [-0.4, -0.2) is 27.0 Å². The Hall–Kier alpha value is -4.40. The largest absolute Gasteiger partial charge is 0.433 e. The molecular weight excluding hydrogens is 374 g/mol. The zero-order valence-electron chi connectivity index (χ0n) is 14.9. The first-order valence-electron chi connectivity index (χ1n) is 8.50. The molecule has 0 fully saturated rings. The lowest BCUT2D eigenvalue weighted by Gasteiger charge is -2.08. The van der Waals surface area contributed by atoms with Crippen molar-refractivity contribution in [3.63, 3.8) is 0 Å². The van der Waals surface area contributed by atoms with Crippen molar-refractivity contribution in [1.82, 2.24) is 15.4 Å². The highest BCUT2D eigenvalue weighted by Gasteiger charge is 2.14. The third-order valence-electron chi connectivity index (χ3n) is 4.04. The first kappa shape index (κ1) is 18.0. The topological polar surface area (TPSA) is 124 Å². The molecule has 0 atom stereocenters. The molecule has 4 aromatic rings. The SMILES string of the molecule is O=C(N/N=C\c1ccc([N+](=O)[O-])o1)c1cc(-c2ccccn2)nc2ccccc12. The maximum Gasteiger partial charge on any atom is 0.433 e. The van der Waals surface area contributed by atoms with Crippen molar-refractivity contribution in [2.45, 2.75) is 0 Å². The Morgan fingerprint density at radius 2 is 1.93 bits per heavy atom. The molecule has 0 aliphatic carbocycles. The standard InChI is InChI=1S/C20H13N5O4/c26-20(24-22-12-13-8-9-19(29-13)25(27)28)15-11-18(17-7-3-4-10-21-17)23-16-6-2-1-5-14(15)16/h1-12H,(H,24,26)/b22-12-. The summed E-state index contributed by atoms with van der Waals surface area (Å²) in [5.74, 6) is -0.721. The van der Waals surface area contributed by atoms with Gasteiger partial charge in [-0.3, -0.25) is 19.9 Å². The lowest BCUT2D eigenvalue weighted by molar-refractivity contribution is -0.402. The van der Waals surface area contributed by atoms with Gasteiger partial charge < -0.3 is 4.42 Å². The highest BCUT2D eigenvalue weighted by Crippen LogP contribution is 2.23. The van der Waals surface area contributed by atoms with Gasteiger partial charge in [0.1, 0.15) is 4.92 Å². The monoisotopic (exact) mass is 387 g/mol. The zero-order valence-corrected chi connectivity index (χ0v) is 14.9. The molecule has 1 aromatic carbocycles. The van der Waals surface area contributed by atoms with Crippen LogP contribution in [0.25, 0.3) is 22.3 Å². The van der Waals surface area contributed by atoms with Gasteiger partial charge in [0.2, 0.25) is 0 Å². The molecule has 3 heterocycles. The second kappa shape index (κ2) is 7.69. The van der Waals surface area contributed by atoms with Crippen molar-refractivity contribution >= 4 is 28.9 Å². The Kier molecular flexibility index (Phi) is 4.77. The molecule has 0 unspecified atom stereocenters. The molecule has 0 radical (unpaired) electrons. The van der Waals surface area contributed by atoms with E-state index in [9.17, 15) is 14.9 Å². The molecule has 142 valence electrons. The summed E-state index contributed by atoms with van der Waals surface area (Å²) in [7, 11) is 0. The summed E-state index contributed by atoms with van der Waals surface area (Å²) in [6, 6.07) is 16.9. The number of pyridine rings is 2. The highest BCUT2D eigenvalue weighted by atomic mass is 16.6. The molecule has 0 saturated carbocycles. The predicted molar refractivity (Wildman–Crippen MR) is 105 cm³/mol. The number of hydrogen-bond donors (Lipinski definition) is 1. The smallest absolute Gasteiger partial charge is 0.400 e. The van der Waals surface area contributed by atoms with E-state index in [-0.39, 0.29) is 5.76 Å². The number of aromatic nitrogens is 2. The van der Waals surface area contributed by atoms with Gasteiger partial charge in [0.15, 0.2) is 5.76 Å². The molecule has 3 aromatic heterocycles. The molecule has 0 spiro atoms. The molecule has 4 rings (SSSR count). The Morgan fingerprint density at radius 3 is 2.69 bits per heavy atom. The quantitative estimate of drug-likeness (QED) is 0.317. The first-order chi connectivity index (χ1) is 14.1. The van der Waals surface area contributed by atoms with Crippen LogP contribution in [0.3, 0.4) is 0 Å². The second-order valence-electron chi connectivity index (χ2n) is 5.92. The van der Waals surface area contributed by atoms with Crippen LogP contribution in [-0.2, 0) is 0 Å². The number of rotatable bonds is 5. The third-order valence-corrected chi connectivity index (χ3v) is 4.04. The molecule has 0 aliphatic rings. The number of hydrogen-bond acceptors (Lipinski definition) is 7. The van der Waals surface area contributed by atoms with E-state index < -0.39 is 16.7 Å². The van der Waals surface area contributed by atoms with Crippen molar-refractivity contribution in [1.29, 1.82) is 0 Å². The van der Waals surface area contributed by atoms with E-state index in [1.54, 1.807) is 30.5 Å². The number of amides is 1. The van der Waals surface area contributed by atoms with Gasteiger partial charge in [0.05, 0.1) is 34.7 Å². The minimum Gasteiger partial charge on any atom is -0.400 e. The normalized spacial score (nSPS) is 11.0. The minimum absolute atomic E-state index is 0.144. The summed E-state index contributed by atoms with van der Waals surface area (Å²) in [6.07, 6.45) is 2.84. The molecular formula is C20H13N5O4. The maximum absolute atomic E-state index is 12.7. The Labute approximate surface area is 163 Å². The average molecular weight is 387 g/mol. The lowest BCUT2D eigenvalue weighted by Crippen LogP contribution is -2.18. The average Bonchev–Trinajstić information content (AvgIpc) is 3.23. The number of nitrogens with one attached hydrogen (secondary N) is 1. The fourth-order valence-electron chi connectivity index (χ4n) is 2.73. The Morgan fingerprint density at radius 1 is 1.10 bits per heavy atom. The van der Waals surface area contributed by atoms with E-state index in [0.717, 1.165) is 0 Å². The number of nitro groups is 1. The van der Waals surface area contributed by atoms with E-state index in [2.05, 4.69) is 20.5 Å². The van der Waals surface area contributed by atoms with Gasteiger partial charge in [-0.2, -0.15) is 5.10 Å². The summed E-state index contributed by atoms with van der Waals surface area (Å²) >= 11 is 0. The van der Waals surface area contributed by atoms with E-state index in [0.29, 0.717) is 27.9 Å².